The Labute approximate surface area is 107 Å². The lowest BCUT2D eigenvalue weighted by Gasteiger charge is -2.45. The van der Waals surface area contributed by atoms with Crippen LogP contribution in [0.25, 0.3) is 0 Å². The largest absolute Gasteiger partial charge is 0.434 e. The molecule has 0 aromatic carbocycles. The van der Waals surface area contributed by atoms with E-state index in [1.165, 1.54) is 6.26 Å². The van der Waals surface area contributed by atoms with Crippen LogP contribution in [0.1, 0.15) is 13.3 Å². The normalized spacial score (nSPS) is 39.9. The molecule has 1 saturated carbocycles. The lowest BCUT2D eigenvalue weighted by molar-refractivity contribution is -0.179. The third-order valence-corrected chi connectivity index (χ3v) is 4.00. The van der Waals surface area contributed by atoms with Crippen LogP contribution in [0.5, 0.6) is 0 Å². The highest BCUT2D eigenvalue weighted by Crippen LogP contribution is 2.41. The van der Waals surface area contributed by atoms with Crippen molar-refractivity contribution in [2.75, 3.05) is 21.3 Å². The molecular formula is C13H20O5. The van der Waals surface area contributed by atoms with E-state index in [0.29, 0.717) is 6.42 Å². The van der Waals surface area contributed by atoms with Gasteiger partial charge in [0.05, 0.1) is 24.4 Å². The van der Waals surface area contributed by atoms with Crippen LogP contribution in [0.4, 0.5) is 0 Å². The van der Waals surface area contributed by atoms with E-state index in [4.69, 9.17) is 18.9 Å². The molecule has 102 valence electrons. The molecule has 2 rings (SSSR count). The highest BCUT2D eigenvalue weighted by molar-refractivity contribution is 5.75. The molecular weight excluding hydrogens is 236 g/mol. The molecule has 0 aromatic heterocycles. The summed E-state index contributed by atoms with van der Waals surface area (Å²) in [6.07, 6.45) is 1.61. The molecule has 1 aliphatic heterocycles. The third-order valence-electron chi connectivity index (χ3n) is 4.00. The van der Waals surface area contributed by atoms with E-state index >= 15 is 0 Å². The summed E-state index contributed by atoms with van der Waals surface area (Å²) < 4.78 is 21.6. The standard InChI is InChI=1S/C13H20O5/c1-7-6-18-13(14)8-5-9(15-2)11(16-3)12(17-4)10(7)8/h6,8-12H,5H2,1-4H3. The van der Waals surface area contributed by atoms with E-state index in [-0.39, 0.29) is 36.1 Å². The maximum absolute atomic E-state index is 11.9. The Bertz CT molecular complexity index is 351. The van der Waals surface area contributed by atoms with Gasteiger partial charge in [0.15, 0.2) is 0 Å². The fourth-order valence-electron chi connectivity index (χ4n) is 3.11. The molecule has 0 saturated heterocycles. The molecule has 2 aliphatic rings. The number of methoxy groups -OCH3 is 3. The monoisotopic (exact) mass is 256 g/mol. The Morgan fingerprint density at radius 2 is 1.83 bits per heavy atom. The van der Waals surface area contributed by atoms with Crippen LogP contribution in [-0.4, -0.2) is 45.6 Å². The molecule has 5 heteroatoms. The fourth-order valence-corrected chi connectivity index (χ4v) is 3.11. The van der Waals surface area contributed by atoms with Crippen LogP contribution in [0.2, 0.25) is 0 Å². The number of cyclic esters (lactones) is 1. The molecule has 0 N–H and O–H groups in total. The van der Waals surface area contributed by atoms with Gasteiger partial charge in [0.2, 0.25) is 0 Å². The second kappa shape index (κ2) is 5.38. The van der Waals surface area contributed by atoms with Gasteiger partial charge in [-0.05, 0) is 18.9 Å². The molecule has 0 spiro atoms. The summed E-state index contributed by atoms with van der Waals surface area (Å²) in [6, 6.07) is 0. The van der Waals surface area contributed by atoms with Crippen molar-refractivity contribution < 1.29 is 23.7 Å². The van der Waals surface area contributed by atoms with Gasteiger partial charge in [-0.1, -0.05) is 0 Å². The lowest BCUT2D eigenvalue weighted by Crippen LogP contribution is -2.55. The van der Waals surface area contributed by atoms with Crippen molar-refractivity contribution in [3.8, 4) is 0 Å². The molecule has 0 aromatic rings. The first kappa shape index (κ1) is 13.5. The summed E-state index contributed by atoms with van der Waals surface area (Å²) >= 11 is 0. The zero-order chi connectivity index (χ0) is 13.3. The molecule has 1 fully saturated rings. The van der Waals surface area contributed by atoms with E-state index in [9.17, 15) is 4.79 Å². The van der Waals surface area contributed by atoms with Gasteiger partial charge in [0.25, 0.3) is 0 Å². The quantitative estimate of drug-likeness (QED) is 0.708. The molecule has 18 heavy (non-hydrogen) atoms. The van der Waals surface area contributed by atoms with Gasteiger partial charge in [0, 0.05) is 27.2 Å². The van der Waals surface area contributed by atoms with Crippen LogP contribution in [0.3, 0.4) is 0 Å². The zero-order valence-corrected chi connectivity index (χ0v) is 11.2. The average Bonchev–Trinajstić information content (AvgIpc) is 2.40. The molecule has 5 nitrogen and oxygen atoms in total. The molecule has 5 atom stereocenters. The summed E-state index contributed by atoms with van der Waals surface area (Å²) in [5, 5.41) is 0. The minimum atomic E-state index is -0.212. The summed E-state index contributed by atoms with van der Waals surface area (Å²) in [6.45, 7) is 1.95. The molecule has 1 heterocycles. The topological polar surface area (TPSA) is 54.0 Å². The second-order valence-corrected chi connectivity index (χ2v) is 4.84. The van der Waals surface area contributed by atoms with Crippen molar-refractivity contribution in [2.45, 2.75) is 31.7 Å². The van der Waals surface area contributed by atoms with Crippen molar-refractivity contribution in [1.29, 1.82) is 0 Å². The molecule has 5 unspecified atom stereocenters. The number of carbonyl (C=O) groups is 1. The van der Waals surface area contributed by atoms with Crippen LogP contribution in [0, 0.1) is 11.8 Å². The number of fused-ring (bicyclic) bond motifs is 1. The molecule has 0 radical (unpaired) electrons. The smallest absolute Gasteiger partial charge is 0.314 e. The number of carbonyl (C=O) groups excluding carboxylic acids is 1. The number of hydrogen-bond acceptors (Lipinski definition) is 5. The Morgan fingerprint density at radius 1 is 1.17 bits per heavy atom. The highest BCUT2D eigenvalue weighted by Gasteiger charge is 2.50. The third kappa shape index (κ3) is 2.06. The fraction of sp³-hybridized carbons (Fsp3) is 0.769. The van der Waals surface area contributed by atoms with E-state index in [1.54, 1.807) is 21.3 Å². The molecule has 0 amide bonds. The van der Waals surface area contributed by atoms with E-state index in [0.717, 1.165) is 5.57 Å². The van der Waals surface area contributed by atoms with E-state index in [1.807, 2.05) is 6.92 Å². The minimum Gasteiger partial charge on any atom is -0.434 e. The van der Waals surface area contributed by atoms with Crippen molar-refractivity contribution in [3.63, 3.8) is 0 Å². The number of rotatable bonds is 3. The Morgan fingerprint density at radius 3 is 2.39 bits per heavy atom. The van der Waals surface area contributed by atoms with Crippen molar-refractivity contribution in [2.24, 2.45) is 11.8 Å². The van der Waals surface area contributed by atoms with Crippen LogP contribution >= 0.6 is 0 Å². The number of hydrogen-bond donors (Lipinski definition) is 0. The summed E-state index contributed by atoms with van der Waals surface area (Å²) in [4.78, 5) is 11.9. The van der Waals surface area contributed by atoms with Gasteiger partial charge in [-0.15, -0.1) is 0 Å². The second-order valence-electron chi connectivity index (χ2n) is 4.84. The van der Waals surface area contributed by atoms with Gasteiger partial charge in [-0.2, -0.15) is 0 Å². The summed E-state index contributed by atoms with van der Waals surface area (Å²) in [5.41, 5.74) is 1.02. The van der Waals surface area contributed by atoms with E-state index < -0.39 is 0 Å². The first-order valence-corrected chi connectivity index (χ1v) is 6.09. The predicted octanol–water partition coefficient (Wildman–Crippen LogP) is 1.13. The highest BCUT2D eigenvalue weighted by atomic mass is 16.6. The maximum atomic E-state index is 11.9. The summed E-state index contributed by atoms with van der Waals surface area (Å²) in [5.74, 6) is -0.409. The van der Waals surface area contributed by atoms with Crippen LogP contribution < -0.4 is 0 Å². The lowest BCUT2D eigenvalue weighted by atomic mass is 9.70. The number of ether oxygens (including phenoxy) is 4. The molecule has 0 bridgehead atoms. The van der Waals surface area contributed by atoms with Gasteiger partial charge < -0.3 is 18.9 Å². The Balaban J connectivity index is 2.34. The van der Waals surface area contributed by atoms with Gasteiger partial charge in [0.1, 0.15) is 6.10 Å². The molecule has 1 aliphatic carbocycles. The van der Waals surface area contributed by atoms with Crippen LogP contribution in [-0.2, 0) is 23.7 Å². The predicted molar refractivity (Wildman–Crippen MR) is 63.8 cm³/mol. The summed E-state index contributed by atoms with van der Waals surface area (Å²) in [7, 11) is 4.91. The van der Waals surface area contributed by atoms with Crippen molar-refractivity contribution >= 4 is 5.97 Å². The van der Waals surface area contributed by atoms with Crippen molar-refractivity contribution in [3.05, 3.63) is 11.8 Å². The Kier molecular flexibility index (Phi) is 4.04. The maximum Gasteiger partial charge on any atom is 0.314 e. The van der Waals surface area contributed by atoms with Gasteiger partial charge in [-0.3, -0.25) is 4.79 Å². The van der Waals surface area contributed by atoms with E-state index in [2.05, 4.69) is 0 Å². The Hall–Kier alpha value is -0.910. The van der Waals surface area contributed by atoms with Gasteiger partial charge in [-0.25, -0.2) is 0 Å². The van der Waals surface area contributed by atoms with Crippen molar-refractivity contribution in [1.82, 2.24) is 0 Å². The SMILES string of the molecule is COC1CC2C(=O)OC=C(C)C2C(OC)C1OC. The minimum absolute atomic E-state index is 0.00704. The van der Waals surface area contributed by atoms with Gasteiger partial charge >= 0.3 is 5.97 Å². The first-order chi connectivity index (χ1) is 8.63. The first-order valence-electron chi connectivity index (χ1n) is 6.09. The number of esters is 1. The average molecular weight is 256 g/mol. The van der Waals surface area contributed by atoms with Crippen LogP contribution in [0.15, 0.2) is 11.8 Å². The zero-order valence-electron chi connectivity index (χ0n) is 11.2.